The molecular weight excluding hydrogens is 137 g/mol. The molecule has 58 valence electrons. The van der Waals surface area contributed by atoms with E-state index in [-0.39, 0.29) is 6.04 Å². The summed E-state index contributed by atoms with van der Waals surface area (Å²) in [4.78, 5) is 4.29. The quantitative estimate of drug-likeness (QED) is 0.475. The minimum Gasteiger partial charge on any atom is -0.481 e. The Bertz CT molecular complexity index is 220. The first kappa shape index (κ1) is 8.37. The highest BCUT2D eigenvalue weighted by molar-refractivity contribution is 6.25. The van der Waals surface area contributed by atoms with Crippen molar-refractivity contribution in [2.24, 2.45) is 4.99 Å². The fourth-order valence-corrected chi connectivity index (χ4v) is 1.16. The molecule has 1 atom stereocenters. The summed E-state index contributed by atoms with van der Waals surface area (Å²) in [5, 5.41) is 0. The number of nitrogens with zero attached hydrogens (tertiary/aromatic N) is 1. The van der Waals surface area contributed by atoms with Crippen LogP contribution in [0.15, 0.2) is 16.0 Å². The van der Waals surface area contributed by atoms with Gasteiger partial charge in [-0.2, -0.15) is 0 Å². The molecule has 0 spiro atoms. The van der Waals surface area contributed by atoms with E-state index >= 15 is 0 Å². The van der Waals surface area contributed by atoms with Crippen molar-refractivity contribution in [1.82, 2.24) is 0 Å². The summed E-state index contributed by atoms with van der Waals surface area (Å²) in [6.07, 6.45) is 0.846. The zero-order valence-corrected chi connectivity index (χ0v) is 7.22. The highest BCUT2D eigenvalue weighted by atomic mass is 16.5. The van der Waals surface area contributed by atoms with E-state index in [1.165, 1.54) is 0 Å². The smallest absolute Gasteiger partial charge is 0.210 e. The minimum absolute atomic E-state index is 0.258. The van der Waals surface area contributed by atoms with E-state index in [0.717, 1.165) is 17.5 Å². The normalized spacial score (nSPS) is 25.0. The molecular formula is C8H12BNO. The van der Waals surface area contributed by atoms with Gasteiger partial charge in [0.05, 0.1) is 13.2 Å². The lowest BCUT2D eigenvalue weighted by Crippen LogP contribution is -2.17. The Kier molecular flexibility index (Phi) is 2.37. The zero-order chi connectivity index (χ0) is 8.43. The van der Waals surface area contributed by atoms with Crippen molar-refractivity contribution in [3.63, 3.8) is 0 Å². The highest BCUT2D eigenvalue weighted by Gasteiger charge is 2.14. The molecule has 0 aromatic heterocycles. The van der Waals surface area contributed by atoms with Gasteiger partial charge in [0.1, 0.15) is 7.85 Å². The SMILES string of the molecule is [B]C1=C(C)C(OC)=NC(C)C1. The van der Waals surface area contributed by atoms with Crippen molar-refractivity contribution >= 4 is 13.7 Å². The number of hydrogen-bond donors (Lipinski definition) is 0. The van der Waals surface area contributed by atoms with Crippen LogP contribution in [0.5, 0.6) is 0 Å². The first-order valence-corrected chi connectivity index (χ1v) is 3.72. The third kappa shape index (κ3) is 1.64. The average molecular weight is 149 g/mol. The van der Waals surface area contributed by atoms with E-state index in [1.807, 2.05) is 13.8 Å². The van der Waals surface area contributed by atoms with Gasteiger partial charge in [0, 0.05) is 0 Å². The Morgan fingerprint density at radius 1 is 1.64 bits per heavy atom. The van der Waals surface area contributed by atoms with Gasteiger partial charge in [0.2, 0.25) is 5.90 Å². The molecule has 3 heteroatoms. The zero-order valence-electron chi connectivity index (χ0n) is 7.22. The monoisotopic (exact) mass is 149 g/mol. The van der Waals surface area contributed by atoms with Gasteiger partial charge in [-0.25, -0.2) is 4.99 Å². The maximum absolute atomic E-state index is 5.75. The summed E-state index contributed by atoms with van der Waals surface area (Å²) in [6, 6.07) is 0.258. The van der Waals surface area contributed by atoms with Crippen LogP contribution in [0.25, 0.3) is 0 Å². The summed E-state index contributed by atoms with van der Waals surface area (Å²) in [5.41, 5.74) is 1.87. The van der Waals surface area contributed by atoms with Crippen LogP contribution in [0.3, 0.4) is 0 Å². The number of aliphatic imine (C=N–C) groups is 1. The second kappa shape index (κ2) is 3.12. The molecule has 0 aromatic rings. The number of hydrogen-bond acceptors (Lipinski definition) is 2. The van der Waals surface area contributed by atoms with Gasteiger partial charge in [-0.05, 0) is 25.8 Å². The topological polar surface area (TPSA) is 21.6 Å². The summed E-state index contributed by atoms with van der Waals surface area (Å²) in [5.74, 6) is 0.682. The Morgan fingerprint density at radius 3 is 2.82 bits per heavy atom. The summed E-state index contributed by atoms with van der Waals surface area (Å²) >= 11 is 0. The van der Waals surface area contributed by atoms with Crippen LogP contribution in [-0.2, 0) is 4.74 Å². The van der Waals surface area contributed by atoms with E-state index in [0.29, 0.717) is 5.90 Å². The number of methoxy groups -OCH3 is 1. The molecule has 1 unspecified atom stereocenters. The van der Waals surface area contributed by atoms with Crippen molar-refractivity contribution in [3.8, 4) is 0 Å². The first-order chi connectivity index (χ1) is 5.15. The highest BCUT2D eigenvalue weighted by Crippen LogP contribution is 2.18. The van der Waals surface area contributed by atoms with Crippen molar-refractivity contribution < 1.29 is 4.74 Å². The summed E-state index contributed by atoms with van der Waals surface area (Å²) in [7, 11) is 7.37. The van der Waals surface area contributed by atoms with Gasteiger partial charge in [-0.3, -0.25) is 0 Å². The maximum atomic E-state index is 5.75. The lowest BCUT2D eigenvalue weighted by atomic mass is 9.84. The van der Waals surface area contributed by atoms with Crippen LogP contribution in [0.4, 0.5) is 0 Å². The second-order valence-electron chi connectivity index (χ2n) is 2.84. The molecule has 2 nitrogen and oxygen atoms in total. The van der Waals surface area contributed by atoms with Crippen LogP contribution in [0.2, 0.25) is 0 Å². The van der Waals surface area contributed by atoms with Crippen molar-refractivity contribution in [2.75, 3.05) is 7.11 Å². The summed E-state index contributed by atoms with van der Waals surface area (Å²) < 4.78 is 5.06. The third-order valence-corrected chi connectivity index (χ3v) is 1.85. The largest absolute Gasteiger partial charge is 0.481 e. The molecule has 0 fully saturated rings. The van der Waals surface area contributed by atoms with Crippen LogP contribution < -0.4 is 0 Å². The van der Waals surface area contributed by atoms with E-state index in [2.05, 4.69) is 4.99 Å². The van der Waals surface area contributed by atoms with Gasteiger partial charge < -0.3 is 4.74 Å². The molecule has 1 rings (SSSR count). The molecule has 0 saturated carbocycles. The predicted molar refractivity (Wildman–Crippen MR) is 47.0 cm³/mol. The van der Waals surface area contributed by atoms with E-state index in [9.17, 15) is 0 Å². The summed E-state index contributed by atoms with van der Waals surface area (Å²) in [6.45, 7) is 3.96. The van der Waals surface area contributed by atoms with Gasteiger partial charge in [-0.15, -0.1) is 5.47 Å². The van der Waals surface area contributed by atoms with Gasteiger partial charge in [0.25, 0.3) is 0 Å². The van der Waals surface area contributed by atoms with E-state index < -0.39 is 0 Å². The van der Waals surface area contributed by atoms with E-state index in [1.54, 1.807) is 7.11 Å². The fourth-order valence-electron chi connectivity index (χ4n) is 1.16. The molecule has 0 N–H and O–H groups in total. The third-order valence-electron chi connectivity index (χ3n) is 1.85. The Morgan fingerprint density at radius 2 is 2.27 bits per heavy atom. The molecule has 2 radical (unpaired) electrons. The molecule has 1 aliphatic rings. The maximum Gasteiger partial charge on any atom is 0.210 e. The Balaban J connectivity index is 2.90. The molecule has 0 saturated heterocycles. The number of ether oxygens (including phenoxy) is 1. The first-order valence-electron chi connectivity index (χ1n) is 3.72. The van der Waals surface area contributed by atoms with Crippen molar-refractivity contribution in [1.29, 1.82) is 0 Å². The molecule has 0 aliphatic carbocycles. The Hall–Kier alpha value is -0.725. The number of dihydropyridines is 1. The molecule has 11 heavy (non-hydrogen) atoms. The van der Waals surface area contributed by atoms with Gasteiger partial charge in [-0.1, -0.05) is 0 Å². The van der Waals surface area contributed by atoms with Crippen LogP contribution in [0.1, 0.15) is 20.3 Å². The van der Waals surface area contributed by atoms with Gasteiger partial charge >= 0.3 is 0 Å². The van der Waals surface area contributed by atoms with Crippen molar-refractivity contribution in [3.05, 3.63) is 11.0 Å². The van der Waals surface area contributed by atoms with Crippen molar-refractivity contribution in [2.45, 2.75) is 26.3 Å². The lowest BCUT2D eigenvalue weighted by Gasteiger charge is -2.19. The fraction of sp³-hybridized carbons (Fsp3) is 0.625. The molecule has 0 aromatic carbocycles. The second-order valence-corrected chi connectivity index (χ2v) is 2.84. The molecule has 1 heterocycles. The minimum atomic E-state index is 0.258. The van der Waals surface area contributed by atoms with Gasteiger partial charge in [0.15, 0.2) is 0 Å². The van der Waals surface area contributed by atoms with Crippen LogP contribution >= 0.6 is 0 Å². The molecule has 0 amide bonds. The predicted octanol–water partition coefficient (Wildman–Crippen LogP) is 1.27. The standard InChI is InChI=1S/C8H12BNO/c1-5-4-7(9)6(2)8(10-5)11-3/h5H,4H2,1-3H3. The molecule has 1 aliphatic heterocycles. The van der Waals surface area contributed by atoms with Crippen LogP contribution in [-0.4, -0.2) is 26.9 Å². The number of rotatable bonds is 0. The Labute approximate surface area is 68.8 Å². The van der Waals surface area contributed by atoms with E-state index in [4.69, 9.17) is 12.6 Å². The lowest BCUT2D eigenvalue weighted by molar-refractivity contribution is 0.395. The molecule has 0 bridgehead atoms. The average Bonchev–Trinajstić information content (AvgIpc) is 1.96. The van der Waals surface area contributed by atoms with Crippen LogP contribution in [0, 0.1) is 0 Å².